The molecule has 1 heterocycles. The van der Waals surface area contributed by atoms with Crippen molar-refractivity contribution in [1.29, 1.82) is 0 Å². The highest BCUT2D eigenvalue weighted by Crippen LogP contribution is 2.28. The number of hydrogen-bond acceptors (Lipinski definition) is 4. The minimum absolute atomic E-state index is 0.0285. The SMILES string of the molecule is CCC(C)NC(=O)c1ccc(N(C)[C@H](CN2CC[C@H](O)C2)c2ccccc2)cc1. The summed E-state index contributed by atoms with van der Waals surface area (Å²) in [7, 11) is 2.10. The number of benzene rings is 2. The number of amides is 1. The van der Waals surface area contributed by atoms with E-state index in [-0.39, 0.29) is 24.1 Å². The van der Waals surface area contributed by atoms with Gasteiger partial charge < -0.3 is 15.3 Å². The Labute approximate surface area is 174 Å². The van der Waals surface area contributed by atoms with Crippen molar-refractivity contribution >= 4 is 11.6 Å². The van der Waals surface area contributed by atoms with Crippen LogP contribution in [0.2, 0.25) is 0 Å². The summed E-state index contributed by atoms with van der Waals surface area (Å²) in [6, 6.07) is 18.6. The number of carbonyl (C=O) groups excluding carboxylic acids is 1. The first-order chi connectivity index (χ1) is 14.0. The average Bonchev–Trinajstić information content (AvgIpc) is 3.17. The Bertz CT molecular complexity index is 778. The van der Waals surface area contributed by atoms with Gasteiger partial charge in [0.2, 0.25) is 0 Å². The third-order valence-electron chi connectivity index (χ3n) is 5.86. The van der Waals surface area contributed by atoms with Gasteiger partial charge in [-0.05, 0) is 49.6 Å². The Kier molecular flexibility index (Phi) is 7.29. The highest BCUT2D eigenvalue weighted by molar-refractivity contribution is 5.94. The summed E-state index contributed by atoms with van der Waals surface area (Å²) in [5.74, 6) is -0.0285. The smallest absolute Gasteiger partial charge is 0.251 e. The van der Waals surface area contributed by atoms with Gasteiger partial charge in [-0.15, -0.1) is 0 Å². The first kappa shape index (κ1) is 21.3. The highest BCUT2D eigenvalue weighted by atomic mass is 16.3. The molecule has 0 spiro atoms. The monoisotopic (exact) mass is 395 g/mol. The van der Waals surface area contributed by atoms with Gasteiger partial charge in [0, 0.05) is 44.0 Å². The van der Waals surface area contributed by atoms with Gasteiger partial charge >= 0.3 is 0 Å². The van der Waals surface area contributed by atoms with Gasteiger partial charge in [-0.3, -0.25) is 9.69 Å². The summed E-state index contributed by atoms with van der Waals surface area (Å²) in [4.78, 5) is 16.9. The van der Waals surface area contributed by atoms with Crippen molar-refractivity contribution in [2.24, 2.45) is 0 Å². The van der Waals surface area contributed by atoms with Gasteiger partial charge in [0.1, 0.15) is 0 Å². The Morgan fingerprint density at radius 2 is 1.90 bits per heavy atom. The molecular formula is C24H33N3O2. The number of aliphatic hydroxyl groups is 1. The molecule has 156 valence electrons. The number of hydrogen-bond donors (Lipinski definition) is 2. The Balaban J connectivity index is 1.76. The highest BCUT2D eigenvalue weighted by Gasteiger charge is 2.26. The van der Waals surface area contributed by atoms with E-state index in [9.17, 15) is 9.90 Å². The summed E-state index contributed by atoms with van der Waals surface area (Å²) in [6.45, 7) is 6.58. The second-order valence-corrected chi connectivity index (χ2v) is 8.07. The normalized spacial score (nSPS) is 19.0. The van der Waals surface area contributed by atoms with Crippen LogP contribution in [-0.4, -0.2) is 54.7 Å². The Hall–Kier alpha value is -2.37. The maximum absolute atomic E-state index is 12.4. The summed E-state index contributed by atoms with van der Waals surface area (Å²) >= 11 is 0. The molecular weight excluding hydrogens is 362 g/mol. The number of carbonyl (C=O) groups is 1. The molecule has 1 fully saturated rings. The number of nitrogens with one attached hydrogen (secondary N) is 1. The molecule has 0 aliphatic carbocycles. The third kappa shape index (κ3) is 5.58. The van der Waals surface area contributed by atoms with Gasteiger partial charge in [0.05, 0.1) is 12.1 Å². The first-order valence-corrected chi connectivity index (χ1v) is 10.6. The van der Waals surface area contributed by atoms with Crippen LogP contribution in [0.5, 0.6) is 0 Å². The third-order valence-corrected chi connectivity index (χ3v) is 5.86. The van der Waals surface area contributed by atoms with E-state index in [2.05, 4.69) is 53.4 Å². The molecule has 1 amide bonds. The van der Waals surface area contributed by atoms with E-state index < -0.39 is 0 Å². The second-order valence-electron chi connectivity index (χ2n) is 8.07. The molecule has 5 heteroatoms. The van der Waals surface area contributed by atoms with Gasteiger partial charge in [-0.1, -0.05) is 37.3 Å². The van der Waals surface area contributed by atoms with Crippen molar-refractivity contribution in [2.45, 2.75) is 44.9 Å². The van der Waals surface area contributed by atoms with Gasteiger partial charge in [-0.2, -0.15) is 0 Å². The quantitative estimate of drug-likeness (QED) is 0.719. The molecule has 0 saturated carbocycles. The fourth-order valence-electron chi connectivity index (χ4n) is 3.79. The lowest BCUT2D eigenvalue weighted by molar-refractivity contribution is 0.0939. The van der Waals surface area contributed by atoms with Crippen LogP contribution in [0, 0.1) is 0 Å². The summed E-state index contributed by atoms with van der Waals surface area (Å²) < 4.78 is 0. The van der Waals surface area contributed by atoms with E-state index in [4.69, 9.17) is 0 Å². The molecule has 3 atom stereocenters. The molecule has 2 aromatic rings. The van der Waals surface area contributed by atoms with Crippen molar-refractivity contribution in [2.75, 3.05) is 31.6 Å². The standard InChI is InChI=1S/C24H33N3O2/c1-4-18(2)25-24(29)20-10-12-21(13-11-20)26(3)23(19-8-6-5-7-9-19)17-27-15-14-22(28)16-27/h5-13,18,22-23,28H,4,14-17H2,1-3H3,(H,25,29)/t18?,22-,23+/m0/s1. The van der Waals surface area contributed by atoms with E-state index >= 15 is 0 Å². The molecule has 2 aromatic carbocycles. The maximum Gasteiger partial charge on any atom is 0.251 e. The van der Waals surface area contributed by atoms with Crippen LogP contribution in [0.15, 0.2) is 54.6 Å². The van der Waals surface area contributed by atoms with E-state index in [1.807, 2.05) is 37.3 Å². The van der Waals surface area contributed by atoms with Crippen molar-refractivity contribution in [1.82, 2.24) is 10.2 Å². The number of rotatable bonds is 8. The molecule has 0 aromatic heterocycles. The van der Waals surface area contributed by atoms with Crippen LogP contribution in [0.1, 0.15) is 48.7 Å². The Morgan fingerprint density at radius 3 is 2.48 bits per heavy atom. The minimum Gasteiger partial charge on any atom is -0.392 e. The van der Waals surface area contributed by atoms with Crippen molar-refractivity contribution in [3.63, 3.8) is 0 Å². The van der Waals surface area contributed by atoms with Crippen LogP contribution in [0.4, 0.5) is 5.69 Å². The molecule has 1 unspecified atom stereocenters. The van der Waals surface area contributed by atoms with Crippen molar-refractivity contribution in [3.05, 3.63) is 65.7 Å². The molecule has 0 radical (unpaired) electrons. The first-order valence-electron chi connectivity index (χ1n) is 10.6. The van der Waals surface area contributed by atoms with Gasteiger partial charge in [0.15, 0.2) is 0 Å². The number of likely N-dealkylation sites (N-methyl/N-ethyl adjacent to an activating group) is 1. The fourth-order valence-corrected chi connectivity index (χ4v) is 3.79. The van der Waals surface area contributed by atoms with Crippen LogP contribution < -0.4 is 10.2 Å². The maximum atomic E-state index is 12.4. The minimum atomic E-state index is -0.222. The number of β-amino-alcohol motifs (C(OH)–C–C–N with tert-alkyl or cyclic N) is 1. The molecule has 1 aliphatic heterocycles. The van der Waals surface area contributed by atoms with Crippen LogP contribution in [-0.2, 0) is 0 Å². The molecule has 1 saturated heterocycles. The molecule has 0 bridgehead atoms. The van der Waals surface area contributed by atoms with Gasteiger partial charge in [0.25, 0.3) is 5.91 Å². The summed E-state index contributed by atoms with van der Waals surface area (Å²) in [5.41, 5.74) is 3.00. The number of aliphatic hydroxyl groups excluding tert-OH is 1. The van der Waals surface area contributed by atoms with Crippen LogP contribution >= 0.6 is 0 Å². The number of likely N-dealkylation sites (tertiary alicyclic amines) is 1. The van der Waals surface area contributed by atoms with Crippen LogP contribution in [0.3, 0.4) is 0 Å². The number of anilines is 1. The van der Waals surface area contributed by atoms with E-state index in [1.54, 1.807) is 0 Å². The zero-order valence-electron chi connectivity index (χ0n) is 17.7. The van der Waals surface area contributed by atoms with E-state index in [1.165, 1.54) is 5.56 Å². The fraction of sp³-hybridized carbons (Fsp3) is 0.458. The van der Waals surface area contributed by atoms with E-state index in [0.29, 0.717) is 5.56 Å². The lowest BCUT2D eigenvalue weighted by Crippen LogP contribution is -2.36. The summed E-state index contributed by atoms with van der Waals surface area (Å²) in [6.07, 6.45) is 1.53. The second kappa shape index (κ2) is 9.90. The zero-order chi connectivity index (χ0) is 20.8. The van der Waals surface area contributed by atoms with Crippen molar-refractivity contribution in [3.8, 4) is 0 Å². The predicted octanol–water partition coefficient (Wildman–Crippen LogP) is 3.46. The molecule has 3 rings (SSSR count). The lowest BCUT2D eigenvalue weighted by Gasteiger charge is -2.33. The lowest BCUT2D eigenvalue weighted by atomic mass is 10.0. The molecule has 1 aliphatic rings. The summed E-state index contributed by atoms with van der Waals surface area (Å²) in [5, 5.41) is 12.9. The Morgan fingerprint density at radius 1 is 1.21 bits per heavy atom. The number of nitrogens with zero attached hydrogens (tertiary/aromatic N) is 2. The van der Waals surface area contributed by atoms with E-state index in [0.717, 1.165) is 38.2 Å². The zero-order valence-corrected chi connectivity index (χ0v) is 17.7. The van der Waals surface area contributed by atoms with Crippen molar-refractivity contribution < 1.29 is 9.90 Å². The molecule has 5 nitrogen and oxygen atoms in total. The molecule has 2 N–H and O–H groups in total. The van der Waals surface area contributed by atoms with Gasteiger partial charge in [-0.25, -0.2) is 0 Å². The largest absolute Gasteiger partial charge is 0.392 e. The predicted molar refractivity (Wildman–Crippen MR) is 118 cm³/mol. The topological polar surface area (TPSA) is 55.8 Å². The average molecular weight is 396 g/mol. The molecule has 29 heavy (non-hydrogen) atoms. The van der Waals surface area contributed by atoms with Crippen LogP contribution in [0.25, 0.3) is 0 Å².